The average molecular weight is 274 g/mol. The van der Waals surface area contributed by atoms with Crippen molar-refractivity contribution in [1.29, 1.82) is 0 Å². The molecule has 1 aromatic heterocycles. The van der Waals surface area contributed by atoms with Gasteiger partial charge in [0.15, 0.2) is 6.29 Å². The molecule has 0 unspecified atom stereocenters. The van der Waals surface area contributed by atoms with Crippen molar-refractivity contribution in [2.45, 2.75) is 33.6 Å². The van der Waals surface area contributed by atoms with Crippen LogP contribution in [-0.4, -0.2) is 29.3 Å². The van der Waals surface area contributed by atoms with E-state index in [9.17, 15) is 0 Å². The van der Waals surface area contributed by atoms with Gasteiger partial charge in [-0.15, -0.1) is 0 Å². The molecule has 0 atom stereocenters. The van der Waals surface area contributed by atoms with E-state index in [0.717, 1.165) is 11.3 Å². The van der Waals surface area contributed by atoms with Crippen LogP contribution in [0.2, 0.25) is 0 Å². The van der Waals surface area contributed by atoms with Crippen molar-refractivity contribution < 1.29 is 9.47 Å². The van der Waals surface area contributed by atoms with E-state index in [2.05, 4.69) is 36.3 Å². The summed E-state index contributed by atoms with van der Waals surface area (Å²) in [6.45, 7) is 7.89. The fraction of sp³-hybridized carbons (Fsp3) is 0.438. The normalized spacial score (nSPS) is 11.2. The third-order valence-electron chi connectivity index (χ3n) is 3.03. The third-order valence-corrected chi connectivity index (χ3v) is 3.03. The molecule has 0 saturated heterocycles. The van der Waals surface area contributed by atoms with Gasteiger partial charge in [-0.1, -0.05) is 29.8 Å². The Bertz CT molecular complexity index is 514. The van der Waals surface area contributed by atoms with Gasteiger partial charge < -0.3 is 9.47 Å². The highest BCUT2D eigenvalue weighted by atomic mass is 16.7. The summed E-state index contributed by atoms with van der Waals surface area (Å²) in [5.41, 5.74) is 3.34. The first kappa shape index (κ1) is 14.8. The zero-order valence-corrected chi connectivity index (χ0v) is 12.4. The molecule has 108 valence electrons. The van der Waals surface area contributed by atoms with Crippen LogP contribution in [0.25, 0.3) is 11.3 Å². The summed E-state index contributed by atoms with van der Waals surface area (Å²) in [4.78, 5) is 0. The zero-order chi connectivity index (χ0) is 14.4. The summed E-state index contributed by atoms with van der Waals surface area (Å²) >= 11 is 0. The predicted molar refractivity (Wildman–Crippen MR) is 79.4 cm³/mol. The molecule has 0 fully saturated rings. The number of aromatic nitrogens is 2. The van der Waals surface area contributed by atoms with Gasteiger partial charge in [0.05, 0.1) is 12.2 Å². The predicted octanol–water partition coefficient (Wildman–Crippen LogP) is 3.26. The first-order valence-electron chi connectivity index (χ1n) is 7.06. The second kappa shape index (κ2) is 7.22. The molecule has 0 N–H and O–H groups in total. The van der Waals surface area contributed by atoms with Crippen LogP contribution >= 0.6 is 0 Å². The minimum Gasteiger partial charge on any atom is -0.351 e. The van der Waals surface area contributed by atoms with Crippen LogP contribution in [0, 0.1) is 6.92 Å². The molecule has 4 nitrogen and oxygen atoms in total. The Hall–Kier alpha value is -1.65. The Kier molecular flexibility index (Phi) is 5.32. The number of ether oxygens (including phenoxy) is 2. The summed E-state index contributed by atoms with van der Waals surface area (Å²) < 4.78 is 12.9. The maximum absolute atomic E-state index is 5.53. The van der Waals surface area contributed by atoms with Crippen LogP contribution in [0.5, 0.6) is 0 Å². The highest BCUT2D eigenvalue weighted by Crippen LogP contribution is 2.17. The van der Waals surface area contributed by atoms with Crippen molar-refractivity contribution in [3.8, 4) is 11.3 Å². The van der Waals surface area contributed by atoms with Gasteiger partial charge in [0.25, 0.3) is 0 Å². The first-order valence-corrected chi connectivity index (χ1v) is 7.06. The molecule has 20 heavy (non-hydrogen) atoms. The molecule has 0 aliphatic rings. The van der Waals surface area contributed by atoms with Gasteiger partial charge >= 0.3 is 0 Å². The van der Waals surface area contributed by atoms with Crippen LogP contribution in [0.4, 0.5) is 0 Å². The van der Waals surface area contributed by atoms with Gasteiger partial charge in [0, 0.05) is 25.0 Å². The van der Waals surface area contributed by atoms with Crippen molar-refractivity contribution in [3.05, 3.63) is 42.1 Å². The lowest BCUT2D eigenvalue weighted by Gasteiger charge is -2.16. The molecule has 1 aromatic carbocycles. The van der Waals surface area contributed by atoms with E-state index in [1.54, 1.807) is 0 Å². The van der Waals surface area contributed by atoms with Gasteiger partial charge in [-0.3, -0.25) is 4.68 Å². The van der Waals surface area contributed by atoms with Crippen molar-refractivity contribution >= 4 is 0 Å². The van der Waals surface area contributed by atoms with Crippen molar-refractivity contribution in [2.24, 2.45) is 0 Å². The zero-order valence-electron chi connectivity index (χ0n) is 12.4. The maximum atomic E-state index is 5.53. The molecule has 0 aliphatic carbocycles. The number of hydrogen-bond acceptors (Lipinski definition) is 3. The molecular formula is C16H22N2O2. The highest BCUT2D eigenvalue weighted by Gasteiger charge is 2.10. The van der Waals surface area contributed by atoms with Gasteiger partial charge in [-0.25, -0.2) is 0 Å². The third kappa shape index (κ3) is 3.92. The molecule has 0 amide bonds. The van der Waals surface area contributed by atoms with E-state index in [1.165, 1.54) is 5.56 Å². The van der Waals surface area contributed by atoms with E-state index < -0.39 is 0 Å². The molecule has 0 radical (unpaired) electrons. The van der Waals surface area contributed by atoms with Crippen LogP contribution in [0.1, 0.15) is 19.4 Å². The number of rotatable bonds is 7. The van der Waals surface area contributed by atoms with Crippen molar-refractivity contribution in [2.75, 3.05) is 13.2 Å². The van der Waals surface area contributed by atoms with Crippen LogP contribution in [-0.2, 0) is 16.0 Å². The Morgan fingerprint density at radius 3 is 2.30 bits per heavy atom. The van der Waals surface area contributed by atoms with Gasteiger partial charge in [0.2, 0.25) is 0 Å². The standard InChI is InChI=1S/C16H22N2O2/c1-4-19-16(20-5-2)12-18-11-10-15(17-18)14-8-6-13(3)7-9-14/h6-11,16H,4-5,12H2,1-3H3. The summed E-state index contributed by atoms with van der Waals surface area (Å²) in [6.07, 6.45) is 1.72. The van der Waals surface area contributed by atoms with E-state index in [-0.39, 0.29) is 6.29 Å². The molecular weight excluding hydrogens is 252 g/mol. The molecule has 0 spiro atoms. The van der Waals surface area contributed by atoms with Crippen molar-refractivity contribution in [1.82, 2.24) is 9.78 Å². The van der Waals surface area contributed by atoms with Crippen LogP contribution in [0.15, 0.2) is 36.5 Å². The van der Waals surface area contributed by atoms with Crippen LogP contribution in [0.3, 0.4) is 0 Å². The number of aryl methyl sites for hydroxylation is 1. The first-order chi connectivity index (χ1) is 9.72. The van der Waals surface area contributed by atoms with Crippen LogP contribution < -0.4 is 0 Å². The fourth-order valence-corrected chi connectivity index (χ4v) is 2.02. The maximum Gasteiger partial charge on any atom is 0.176 e. The lowest BCUT2D eigenvalue weighted by atomic mass is 10.1. The minimum atomic E-state index is -0.240. The molecule has 1 heterocycles. The van der Waals surface area contributed by atoms with Gasteiger partial charge in [-0.2, -0.15) is 5.10 Å². The summed E-state index contributed by atoms with van der Waals surface area (Å²) in [7, 11) is 0. The number of nitrogens with zero attached hydrogens (tertiary/aromatic N) is 2. The minimum absolute atomic E-state index is 0.240. The largest absolute Gasteiger partial charge is 0.351 e. The molecule has 2 aromatic rings. The lowest BCUT2D eigenvalue weighted by Crippen LogP contribution is -2.23. The summed E-state index contributed by atoms with van der Waals surface area (Å²) in [5, 5.41) is 4.57. The molecule has 0 aliphatic heterocycles. The second-order valence-electron chi connectivity index (χ2n) is 4.63. The summed E-state index contributed by atoms with van der Waals surface area (Å²) in [5.74, 6) is 0. The lowest BCUT2D eigenvalue weighted by molar-refractivity contribution is -0.144. The van der Waals surface area contributed by atoms with Gasteiger partial charge in [0.1, 0.15) is 0 Å². The molecule has 4 heteroatoms. The SMILES string of the molecule is CCOC(Cn1ccc(-c2ccc(C)cc2)n1)OCC. The summed E-state index contributed by atoms with van der Waals surface area (Å²) in [6, 6.07) is 10.4. The van der Waals surface area contributed by atoms with E-state index in [0.29, 0.717) is 19.8 Å². The Morgan fingerprint density at radius 1 is 1.05 bits per heavy atom. The molecule has 0 saturated carbocycles. The fourth-order valence-electron chi connectivity index (χ4n) is 2.02. The second-order valence-corrected chi connectivity index (χ2v) is 4.63. The Labute approximate surface area is 120 Å². The average Bonchev–Trinajstić information content (AvgIpc) is 2.89. The van der Waals surface area contributed by atoms with E-state index >= 15 is 0 Å². The quantitative estimate of drug-likeness (QED) is 0.727. The van der Waals surface area contributed by atoms with E-state index in [1.807, 2.05) is 30.8 Å². The highest BCUT2D eigenvalue weighted by molar-refractivity contribution is 5.58. The molecule has 0 bridgehead atoms. The Morgan fingerprint density at radius 2 is 1.70 bits per heavy atom. The Balaban J connectivity index is 2.06. The number of hydrogen-bond donors (Lipinski definition) is 0. The molecule has 2 rings (SSSR count). The topological polar surface area (TPSA) is 36.3 Å². The van der Waals surface area contributed by atoms with Crippen molar-refractivity contribution in [3.63, 3.8) is 0 Å². The van der Waals surface area contributed by atoms with E-state index in [4.69, 9.17) is 9.47 Å². The van der Waals surface area contributed by atoms with Gasteiger partial charge in [-0.05, 0) is 26.8 Å². The smallest absolute Gasteiger partial charge is 0.176 e. The number of benzene rings is 1. The monoisotopic (exact) mass is 274 g/mol.